The van der Waals surface area contributed by atoms with Gasteiger partial charge in [0.25, 0.3) is 10.0 Å². The lowest BCUT2D eigenvalue weighted by atomic mass is 10.2. The maximum Gasteiger partial charge on any atom is 0.416 e. The molecule has 0 aliphatic carbocycles. The Morgan fingerprint density at radius 2 is 1.70 bits per heavy atom. The third-order valence-corrected chi connectivity index (χ3v) is 4.71. The zero-order valence-corrected chi connectivity index (χ0v) is 13.1. The van der Waals surface area contributed by atoms with E-state index < -0.39 is 33.2 Å². The van der Waals surface area contributed by atoms with E-state index in [9.17, 15) is 26.7 Å². The van der Waals surface area contributed by atoms with Gasteiger partial charge in [-0.2, -0.15) is 13.2 Å². The molecule has 4 nitrogen and oxygen atoms in total. The van der Waals surface area contributed by atoms with Gasteiger partial charge in [0.2, 0.25) is 0 Å². The Bertz CT molecular complexity index is 846. The molecule has 0 radical (unpaired) electrons. The van der Waals surface area contributed by atoms with Gasteiger partial charge in [-0.1, -0.05) is 12.1 Å². The second-order valence-corrected chi connectivity index (χ2v) is 6.75. The van der Waals surface area contributed by atoms with Gasteiger partial charge >= 0.3 is 6.18 Å². The summed E-state index contributed by atoms with van der Waals surface area (Å²) in [5.74, 6) is -0.591. The first-order valence-electron chi connectivity index (χ1n) is 6.51. The lowest BCUT2D eigenvalue weighted by molar-refractivity contribution is -0.137. The fraction of sp³-hybridized carbons (Fsp3) is 0.200. The van der Waals surface area contributed by atoms with Crippen molar-refractivity contribution < 1.29 is 26.7 Å². The second kappa shape index (κ2) is 5.77. The van der Waals surface area contributed by atoms with E-state index in [4.69, 9.17) is 0 Å². The Kier molecular flexibility index (Phi) is 4.30. The maximum atomic E-state index is 12.7. The highest BCUT2D eigenvalue weighted by Gasteiger charge is 2.31. The van der Waals surface area contributed by atoms with Crippen LogP contribution < -0.4 is 4.72 Å². The number of hydrogen-bond acceptors (Lipinski definition) is 3. The number of rotatable bonds is 3. The van der Waals surface area contributed by atoms with Crippen molar-refractivity contribution in [2.24, 2.45) is 0 Å². The minimum atomic E-state index is -4.65. The molecule has 124 valence electrons. The van der Waals surface area contributed by atoms with Crippen molar-refractivity contribution in [3.8, 4) is 5.75 Å². The van der Waals surface area contributed by atoms with Crippen LogP contribution in [-0.4, -0.2) is 13.5 Å². The molecular formula is C15H14F3NO3S. The van der Waals surface area contributed by atoms with E-state index in [0.717, 1.165) is 6.07 Å². The lowest BCUT2D eigenvalue weighted by Gasteiger charge is -2.14. The quantitative estimate of drug-likeness (QED) is 0.831. The minimum absolute atomic E-state index is 0.0608. The first-order valence-corrected chi connectivity index (χ1v) is 7.99. The molecule has 0 aromatic heterocycles. The molecule has 2 rings (SSSR count). The van der Waals surface area contributed by atoms with Crippen LogP contribution in [0.25, 0.3) is 0 Å². The molecular weight excluding hydrogens is 331 g/mol. The topological polar surface area (TPSA) is 66.4 Å². The molecule has 0 saturated heterocycles. The molecule has 0 spiro atoms. The van der Waals surface area contributed by atoms with Gasteiger partial charge in [-0.15, -0.1) is 0 Å². The van der Waals surface area contributed by atoms with Gasteiger partial charge in [-0.3, -0.25) is 4.72 Å². The van der Waals surface area contributed by atoms with Crippen LogP contribution in [0.5, 0.6) is 5.75 Å². The Balaban J connectivity index is 2.47. The van der Waals surface area contributed by atoms with Crippen molar-refractivity contribution in [3.05, 3.63) is 53.1 Å². The van der Waals surface area contributed by atoms with Crippen LogP contribution in [0, 0.1) is 13.8 Å². The molecule has 0 atom stereocenters. The van der Waals surface area contributed by atoms with Crippen molar-refractivity contribution in [1.82, 2.24) is 0 Å². The van der Waals surface area contributed by atoms with Crippen LogP contribution >= 0.6 is 0 Å². The summed E-state index contributed by atoms with van der Waals surface area (Å²) in [7, 11) is -4.13. The number of anilines is 1. The monoisotopic (exact) mass is 345 g/mol. The number of phenols is 1. The summed E-state index contributed by atoms with van der Waals surface area (Å²) in [4.78, 5) is -0.0608. The van der Waals surface area contributed by atoms with Crippen molar-refractivity contribution in [3.63, 3.8) is 0 Å². The SMILES string of the molecule is Cc1ccc(C)c(S(=O)(=O)Nc2cc(C(F)(F)F)ccc2O)c1. The minimum Gasteiger partial charge on any atom is -0.506 e. The van der Waals surface area contributed by atoms with Crippen LogP contribution in [0.4, 0.5) is 18.9 Å². The molecule has 8 heteroatoms. The van der Waals surface area contributed by atoms with Gasteiger partial charge in [-0.05, 0) is 49.2 Å². The van der Waals surface area contributed by atoms with E-state index >= 15 is 0 Å². The Labute approximate surface area is 131 Å². The summed E-state index contributed by atoms with van der Waals surface area (Å²) < 4.78 is 64.9. The lowest BCUT2D eigenvalue weighted by Crippen LogP contribution is -2.15. The molecule has 2 aromatic carbocycles. The van der Waals surface area contributed by atoms with Gasteiger partial charge in [0.1, 0.15) is 5.75 Å². The second-order valence-electron chi connectivity index (χ2n) is 5.10. The summed E-state index contributed by atoms with van der Waals surface area (Å²) in [6.45, 7) is 3.26. The number of nitrogens with one attached hydrogen (secondary N) is 1. The zero-order valence-electron chi connectivity index (χ0n) is 12.3. The molecule has 0 heterocycles. The molecule has 2 N–H and O–H groups in total. The summed E-state index contributed by atoms with van der Waals surface area (Å²) in [5.41, 5.74) is -0.464. The average Bonchev–Trinajstić information content (AvgIpc) is 2.42. The first kappa shape index (κ1) is 17.1. The molecule has 0 saturated carbocycles. The number of halogens is 3. The molecule has 0 aliphatic heterocycles. The molecule has 0 bridgehead atoms. The first-order chi connectivity index (χ1) is 10.5. The highest BCUT2D eigenvalue weighted by Crippen LogP contribution is 2.35. The Morgan fingerprint density at radius 3 is 2.30 bits per heavy atom. The van der Waals surface area contributed by atoms with Gasteiger partial charge in [0.15, 0.2) is 0 Å². The van der Waals surface area contributed by atoms with Gasteiger partial charge in [0, 0.05) is 0 Å². The number of aromatic hydroxyl groups is 1. The third kappa shape index (κ3) is 3.76. The van der Waals surface area contributed by atoms with Crippen LogP contribution in [-0.2, 0) is 16.2 Å². The summed E-state index contributed by atoms with van der Waals surface area (Å²) in [6.07, 6.45) is -4.65. The normalized spacial score (nSPS) is 12.2. The number of aryl methyl sites for hydroxylation is 2. The zero-order chi connectivity index (χ0) is 17.4. The van der Waals surface area contributed by atoms with Crippen molar-refractivity contribution >= 4 is 15.7 Å². The largest absolute Gasteiger partial charge is 0.506 e. The Hall–Kier alpha value is -2.22. The molecule has 0 aliphatic rings. The van der Waals surface area contributed by atoms with Gasteiger partial charge < -0.3 is 5.11 Å². The van der Waals surface area contributed by atoms with Gasteiger partial charge in [-0.25, -0.2) is 8.42 Å². The highest BCUT2D eigenvalue weighted by atomic mass is 32.2. The van der Waals surface area contributed by atoms with E-state index in [2.05, 4.69) is 0 Å². The average molecular weight is 345 g/mol. The molecule has 0 amide bonds. The van der Waals surface area contributed by atoms with E-state index in [1.807, 2.05) is 4.72 Å². The third-order valence-electron chi connectivity index (χ3n) is 3.20. The standard InChI is InChI=1S/C15H14F3NO3S/c1-9-3-4-10(2)14(7-9)23(21,22)19-12-8-11(15(16,17)18)5-6-13(12)20/h3-8,19-20H,1-2H3. The summed E-state index contributed by atoms with van der Waals surface area (Å²) in [6, 6.07) is 6.74. The van der Waals surface area contributed by atoms with E-state index in [1.54, 1.807) is 26.0 Å². The predicted molar refractivity (Wildman–Crippen MR) is 79.8 cm³/mol. The van der Waals surface area contributed by atoms with Crippen LogP contribution in [0.15, 0.2) is 41.3 Å². The summed E-state index contributed by atoms with van der Waals surface area (Å²) >= 11 is 0. The number of sulfonamides is 1. The van der Waals surface area contributed by atoms with Crippen molar-refractivity contribution in [2.75, 3.05) is 4.72 Å². The van der Waals surface area contributed by atoms with Gasteiger partial charge in [0.05, 0.1) is 16.1 Å². The number of benzene rings is 2. The number of phenolic OH excluding ortho intramolecular Hbond substituents is 1. The smallest absolute Gasteiger partial charge is 0.416 e. The van der Waals surface area contributed by atoms with Crippen molar-refractivity contribution in [2.45, 2.75) is 24.9 Å². The Morgan fingerprint density at radius 1 is 1.04 bits per heavy atom. The molecule has 0 fully saturated rings. The summed E-state index contributed by atoms with van der Waals surface area (Å²) in [5, 5.41) is 9.64. The molecule has 0 unspecified atom stereocenters. The maximum absolute atomic E-state index is 12.7. The number of hydrogen-bond donors (Lipinski definition) is 2. The number of alkyl halides is 3. The van der Waals surface area contributed by atoms with E-state index in [0.29, 0.717) is 23.3 Å². The molecule has 2 aromatic rings. The van der Waals surface area contributed by atoms with Crippen molar-refractivity contribution in [1.29, 1.82) is 0 Å². The molecule has 23 heavy (non-hydrogen) atoms. The predicted octanol–water partition coefficient (Wildman–Crippen LogP) is 3.83. The fourth-order valence-corrected chi connectivity index (χ4v) is 3.39. The fourth-order valence-electron chi connectivity index (χ4n) is 1.99. The van der Waals surface area contributed by atoms with E-state index in [1.165, 1.54) is 6.07 Å². The highest BCUT2D eigenvalue weighted by molar-refractivity contribution is 7.92. The van der Waals surface area contributed by atoms with E-state index in [-0.39, 0.29) is 4.90 Å². The van der Waals surface area contributed by atoms with Crippen LogP contribution in [0.3, 0.4) is 0 Å². The van der Waals surface area contributed by atoms with Crippen LogP contribution in [0.2, 0.25) is 0 Å². The van der Waals surface area contributed by atoms with Crippen LogP contribution in [0.1, 0.15) is 16.7 Å².